The molecule has 2 N–H and O–H groups in total. The van der Waals surface area contributed by atoms with E-state index in [1.807, 2.05) is 0 Å². The van der Waals surface area contributed by atoms with Crippen LogP contribution in [0.2, 0.25) is 0 Å². The molecule has 0 saturated heterocycles. The second-order valence-electron chi connectivity index (χ2n) is 3.65. The van der Waals surface area contributed by atoms with Crippen LogP contribution in [0.3, 0.4) is 0 Å². The van der Waals surface area contributed by atoms with Gasteiger partial charge in [0, 0.05) is 0 Å². The van der Waals surface area contributed by atoms with Crippen LogP contribution in [0.5, 0.6) is 5.75 Å². The number of nitrogens with two attached hydrogens (primary N) is 1. The predicted octanol–water partition coefficient (Wildman–Crippen LogP) is 1.80. The summed E-state index contributed by atoms with van der Waals surface area (Å²) in [6, 6.07) is 5.97. The molecule has 0 aliphatic carbocycles. The first-order valence-corrected chi connectivity index (χ1v) is 5.22. The Morgan fingerprint density at radius 3 is 2.89 bits per heavy atom. The molecule has 1 heterocycles. The number of amides is 1. The molecule has 0 unspecified atom stereocenters. The van der Waals surface area contributed by atoms with E-state index in [2.05, 4.69) is 5.16 Å². The van der Waals surface area contributed by atoms with Crippen LogP contribution in [-0.2, 0) is 6.61 Å². The molecule has 2 aromatic rings. The largest absolute Gasteiger partial charge is 0.486 e. The number of rotatable bonds is 4. The van der Waals surface area contributed by atoms with Gasteiger partial charge in [-0.05, 0) is 19.1 Å². The first kappa shape index (κ1) is 12.1. The number of ether oxygens (including phenoxy) is 1. The number of carbonyl (C=O) groups excluding carboxylic acids is 1. The number of halogens is 1. The minimum absolute atomic E-state index is 0.00355. The summed E-state index contributed by atoms with van der Waals surface area (Å²) in [5.74, 6) is -0.681. The van der Waals surface area contributed by atoms with Crippen molar-refractivity contribution in [1.29, 1.82) is 0 Å². The highest BCUT2D eigenvalue weighted by Gasteiger charge is 2.18. The van der Waals surface area contributed by atoms with Crippen LogP contribution in [0, 0.1) is 12.7 Å². The highest BCUT2D eigenvalue weighted by molar-refractivity contribution is 5.92. The second-order valence-corrected chi connectivity index (χ2v) is 3.65. The molecule has 0 radical (unpaired) electrons. The van der Waals surface area contributed by atoms with Gasteiger partial charge in [0.15, 0.2) is 17.3 Å². The minimum Gasteiger partial charge on any atom is -0.486 e. The van der Waals surface area contributed by atoms with Crippen molar-refractivity contribution in [1.82, 2.24) is 5.16 Å². The molecule has 0 aliphatic heterocycles. The molecule has 1 amide bonds. The summed E-state index contributed by atoms with van der Waals surface area (Å²) in [6.45, 7) is 1.59. The van der Waals surface area contributed by atoms with Crippen LogP contribution in [0.1, 0.15) is 21.8 Å². The van der Waals surface area contributed by atoms with Crippen molar-refractivity contribution in [2.45, 2.75) is 13.5 Å². The summed E-state index contributed by atoms with van der Waals surface area (Å²) >= 11 is 0. The zero-order chi connectivity index (χ0) is 13.1. The summed E-state index contributed by atoms with van der Waals surface area (Å²) in [6.07, 6.45) is 0. The number of aromatic nitrogens is 1. The van der Waals surface area contributed by atoms with E-state index >= 15 is 0 Å². The fraction of sp³-hybridized carbons (Fsp3) is 0.167. The monoisotopic (exact) mass is 250 g/mol. The molecule has 5 nitrogen and oxygen atoms in total. The lowest BCUT2D eigenvalue weighted by Gasteiger charge is -2.06. The average molecular weight is 250 g/mol. The molecule has 0 spiro atoms. The van der Waals surface area contributed by atoms with Gasteiger partial charge in [0.2, 0.25) is 0 Å². The van der Waals surface area contributed by atoms with Gasteiger partial charge in [-0.1, -0.05) is 17.3 Å². The normalized spacial score (nSPS) is 10.3. The first-order valence-electron chi connectivity index (χ1n) is 5.22. The number of aryl methyl sites for hydroxylation is 1. The number of benzene rings is 1. The molecule has 1 aromatic heterocycles. The zero-order valence-corrected chi connectivity index (χ0v) is 9.64. The SMILES string of the molecule is Cc1onc(C(N)=O)c1COc1ccccc1F. The molecule has 0 aliphatic rings. The molecule has 94 valence electrons. The number of nitrogens with zero attached hydrogens (tertiary/aromatic N) is 1. The Hall–Kier alpha value is -2.37. The quantitative estimate of drug-likeness (QED) is 0.897. The molecule has 0 fully saturated rings. The molecule has 2 rings (SSSR count). The van der Waals surface area contributed by atoms with Gasteiger partial charge in [0.25, 0.3) is 5.91 Å². The van der Waals surface area contributed by atoms with Crippen LogP contribution >= 0.6 is 0 Å². The van der Waals surface area contributed by atoms with Crippen molar-refractivity contribution in [3.05, 3.63) is 47.1 Å². The van der Waals surface area contributed by atoms with Crippen LogP contribution in [0.15, 0.2) is 28.8 Å². The third kappa shape index (κ3) is 2.32. The Bertz CT molecular complexity index is 580. The molecule has 0 saturated carbocycles. The van der Waals surface area contributed by atoms with Crippen molar-refractivity contribution < 1.29 is 18.4 Å². The lowest BCUT2D eigenvalue weighted by atomic mass is 10.2. The van der Waals surface area contributed by atoms with Gasteiger partial charge in [0.1, 0.15) is 12.4 Å². The van der Waals surface area contributed by atoms with Crippen molar-refractivity contribution in [3.63, 3.8) is 0 Å². The highest BCUT2D eigenvalue weighted by atomic mass is 19.1. The van der Waals surface area contributed by atoms with Gasteiger partial charge in [-0.3, -0.25) is 4.79 Å². The van der Waals surface area contributed by atoms with Gasteiger partial charge in [-0.2, -0.15) is 0 Å². The maximum atomic E-state index is 13.3. The van der Waals surface area contributed by atoms with Crippen molar-refractivity contribution >= 4 is 5.91 Å². The molecule has 0 bridgehead atoms. The van der Waals surface area contributed by atoms with Gasteiger partial charge in [-0.15, -0.1) is 0 Å². The number of para-hydroxylation sites is 1. The van der Waals surface area contributed by atoms with E-state index in [-0.39, 0.29) is 18.1 Å². The Balaban J connectivity index is 2.18. The standard InChI is InChI=1S/C12H11FN2O3/c1-7-8(11(12(14)16)15-18-7)6-17-10-5-3-2-4-9(10)13/h2-5H,6H2,1H3,(H2,14,16). The van der Waals surface area contributed by atoms with E-state index < -0.39 is 11.7 Å². The maximum Gasteiger partial charge on any atom is 0.271 e. The Morgan fingerprint density at radius 2 is 2.22 bits per heavy atom. The van der Waals surface area contributed by atoms with Crippen LogP contribution in [0.4, 0.5) is 4.39 Å². The Kier molecular flexibility index (Phi) is 3.27. The summed E-state index contributed by atoms with van der Waals surface area (Å²) < 4.78 is 23.4. The van der Waals surface area contributed by atoms with Gasteiger partial charge >= 0.3 is 0 Å². The topological polar surface area (TPSA) is 78.4 Å². The van der Waals surface area contributed by atoms with E-state index in [1.54, 1.807) is 19.1 Å². The first-order chi connectivity index (χ1) is 8.59. The summed E-state index contributed by atoms with van der Waals surface area (Å²) in [5.41, 5.74) is 5.56. The average Bonchev–Trinajstić information content (AvgIpc) is 2.70. The smallest absolute Gasteiger partial charge is 0.271 e. The third-order valence-corrected chi connectivity index (χ3v) is 2.43. The van der Waals surface area contributed by atoms with E-state index in [4.69, 9.17) is 15.0 Å². The zero-order valence-electron chi connectivity index (χ0n) is 9.64. The number of hydrogen-bond donors (Lipinski definition) is 1. The number of carbonyl (C=O) groups is 1. The van der Waals surface area contributed by atoms with Crippen LogP contribution < -0.4 is 10.5 Å². The summed E-state index contributed by atoms with van der Waals surface area (Å²) in [7, 11) is 0. The van der Waals surface area contributed by atoms with E-state index in [0.29, 0.717) is 11.3 Å². The van der Waals surface area contributed by atoms with Crippen LogP contribution in [-0.4, -0.2) is 11.1 Å². The van der Waals surface area contributed by atoms with Crippen molar-refractivity contribution in [2.75, 3.05) is 0 Å². The molecular weight excluding hydrogens is 239 g/mol. The minimum atomic E-state index is -0.709. The molecule has 1 aromatic carbocycles. The van der Waals surface area contributed by atoms with Gasteiger partial charge in [-0.25, -0.2) is 4.39 Å². The fourth-order valence-electron chi connectivity index (χ4n) is 1.47. The van der Waals surface area contributed by atoms with E-state index in [1.165, 1.54) is 12.1 Å². The van der Waals surface area contributed by atoms with Gasteiger partial charge < -0.3 is 15.0 Å². The molecule has 0 atom stereocenters. The lowest BCUT2D eigenvalue weighted by molar-refractivity contribution is 0.0989. The Labute approximate surface area is 102 Å². The van der Waals surface area contributed by atoms with Crippen LogP contribution in [0.25, 0.3) is 0 Å². The lowest BCUT2D eigenvalue weighted by Crippen LogP contribution is -2.15. The second kappa shape index (κ2) is 4.87. The van der Waals surface area contributed by atoms with Crippen molar-refractivity contribution in [3.8, 4) is 5.75 Å². The number of primary amides is 1. The van der Waals surface area contributed by atoms with Gasteiger partial charge in [0.05, 0.1) is 5.56 Å². The van der Waals surface area contributed by atoms with E-state index in [9.17, 15) is 9.18 Å². The highest BCUT2D eigenvalue weighted by Crippen LogP contribution is 2.20. The van der Waals surface area contributed by atoms with Crippen molar-refractivity contribution in [2.24, 2.45) is 5.73 Å². The summed E-state index contributed by atoms with van der Waals surface area (Å²) in [4.78, 5) is 11.1. The summed E-state index contributed by atoms with van der Waals surface area (Å²) in [5, 5.41) is 3.53. The third-order valence-electron chi connectivity index (χ3n) is 2.43. The fourth-order valence-corrected chi connectivity index (χ4v) is 1.47. The molecule has 18 heavy (non-hydrogen) atoms. The number of hydrogen-bond acceptors (Lipinski definition) is 4. The maximum absolute atomic E-state index is 13.3. The Morgan fingerprint density at radius 1 is 1.50 bits per heavy atom. The predicted molar refractivity (Wildman–Crippen MR) is 60.5 cm³/mol. The molecule has 6 heteroatoms. The molecular formula is C12H11FN2O3. The van der Waals surface area contributed by atoms with E-state index in [0.717, 1.165) is 0 Å².